The summed E-state index contributed by atoms with van der Waals surface area (Å²) in [5, 5.41) is 2.63. The molecule has 0 spiro atoms. The topological polar surface area (TPSA) is 64.6 Å². The maximum absolute atomic E-state index is 12.1. The minimum Gasteiger partial charge on any atom is -0.490 e. The lowest BCUT2D eigenvalue weighted by Crippen LogP contribution is -2.40. The average Bonchev–Trinajstić information content (AvgIpc) is 2.60. The molecule has 25 heavy (non-hydrogen) atoms. The molecule has 0 aromatic heterocycles. The Balaban J connectivity index is 1.72. The molecule has 0 aliphatic carbocycles. The lowest BCUT2D eigenvalue weighted by molar-refractivity contribution is -0.146. The van der Waals surface area contributed by atoms with Crippen molar-refractivity contribution in [3.8, 4) is 5.75 Å². The van der Waals surface area contributed by atoms with Gasteiger partial charge in [0.05, 0.1) is 0 Å². The highest BCUT2D eigenvalue weighted by atomic mass is 79.9. The van der Waals surface area contributed by atoms with Crippen LogP contribution in [0.15, 0.2) is 53.0 Å². The van der Waals surface area contributed by atoms with Crippen molar-refractivity contribution in [1.82, 2.24) is 5.32 Å². The number of carbonyl (C=O) groups excluding carboxylic acids is 2. The van der Waals surface area contributed by atoms with E-state index < -0.39 is 12.0 Å². The van der Waals surface area contributed by atoms with E-state index in [1.54, 1.807) is 25.1 Å². The van der Waals surface area contributed by atoms with E-state index in [1.165, 1.54) is 0 Å². The van der Waals surface area contributed by atoms with Crippen LogP contribution in [0.2, 0.25) is 0 Å². The number of carbonyl (C=O) groups is 2. The number of ether oxygens (including phenoxy) is 2. The van der Waals surface area contributed by atoms with Gasteiger partial charge in [-0.25, -0.2) is 4.79 Å². The van der Waals surface area contributed by atoms with Crippen molar-refractivity contribution in [2.75, 3.05) is 13.2 Å². The molecular weight excluding hydrogens is 386 g/mol. The van der Waals surface area contributed by atoms with Crippen LogP contribution >= 0.6 is 15.9 Å². The van der Waals surface area contributed by atoms with Gasteiger partial charge in [-0.3, -0.25) is 4.79 Å². The van der Waals surface area contributed by atoms with Crippen LogP contribution in [0, 0.1) is 6.92 Å². The molecule has 0 saturated heterocycles. The third kappa shape index (κ3) is 6.23. The highest BCUT2D eigenvalue weighted by Crippen LogP contribution is 2.15. The van der Waals surface area contributed by atoms with E-state index in [1.807, 2.05) is 37.3 Å². The maximum atomic E-state index is 12.1. The summed E-state index contributed by atoms with van der Waals surface area (Å²) >= 11 is 3.34. The quantitative estimate of drug-likeness (QED) is 0.565. The first kappa shape index (κ1) is 19.0. The summed E-state index contributed by atoms with van der Waals surface area (Å²) in [6.45, 7) is 3.84. The summed E-state index contributed by atoms with van der Waals surface area (Å²) in [5.74, 6) is -0.111. The molecule has 0 fully saturated rings. The Kier molecular flexibility index (Phi) is 7.01. The largest absolute Gasteiger partial charge is 0.490 e. The van der Waals surface area contributed by atoms with Gasteiger partial charge in [-0.15, -0.1) is 0 Å². The standard InChI is InChI=1S/C19H20BrNO4/c1-13-4-3-5-15(12-13)18(22)21-14(2)19(23)25-11-10-24-17-8-6-16(20)7-9-17/h3-9,12,14H,10-11H2,1-2H3,(H,21,22)/t14-/m0/s1. The molecule has 0 aliphatic rings. The number of benzene rings is 2. The fourth-order valence-corrected chi connectivity index (χ4v) is 2.35. The van der Waals surface area contributed by atoms with Crippen LogP contribution in [-0.4, -0.2) is 31.1 Å². The molecule has 0 saturated carbocycles. The first-order valence-corrected chi connectivity index (χ1v) is 8.67. The molecule has 132 valence electrons. The Hall–Kier alpha value is -2.34. The Labute approximate surface area is 155 Å². The molecule has 2 aromatic rings. The molecule has 2 aromatic carbocycles. The fourth-order valence-electron chi connectivity index (χ4n) is 2.08. The summed E-state index contributed by atoms with van der Waals surface area (Å²) in [4.78, 5) is 24.0. The predicted molar refractivity (Wildman–Crippen MR) is 98.7 cm³/mol. The third-order valence-corrected chi connectivity index (χ3v) is 3.92. The van der Waals surface area contributed by atoms with Crippen LogP contribution in [0.25, 0.3) is 0 Å². The van der Waals surface area contributed by atoms with E-state index in [4.69, 9.17) is 9.47 Å². The smallest absolute Gasteiger partial charge is 0.328 e. The van der Waals surface area contributed by atoms with Crippen LogP contribution in [-0.2, 0) is 9.53 Å². The minimum atomic E-state index is -0.735. The second kappa shape index (κ2) is 9.22. The van der Waals surface area contributed by atoms with Crippen molar-refractivity contribution >= 4 is 27.8 Å². The first-order valence-electron chi connectivity index (χ1n) is 7.88. The summed E-state index contributed by atoms with van der Waals surface area (Å²) < 4.78 is 11.6. The zero-order chi connectivity index (χ0) is 18.2. The van der Waals surface area contributed by atoms with E-state index in [9.17, 15) is 9.59 Å². The van der Waals surface area contributed by atoms with Gasteiger partial charge in [0, 0.05) is 10.0 Å². The molecule has 0 aliphatic heterocycles. The van der Waals surface area contributed by atoms with Crippen LogP contribution in [0.4, 0.5) is 0 Å². The number of esters is 1. The number of amides is 1. The van der Waals surface area contributed by atoms with Gasteiger partial charge in [0.25, 0.3) is 5.91 Å². The number of rotatable bonds is 7. The van der Waals surface area contributed by atoms with E-state index >= 15 is 0 Å². The van der Waals surface area contributed by atoms with Crippen LogP contribution < -0.4 is 10.1 Å². The zero-order valence-corrected chi connectivity index (χ0v) is 15.7. The molecule has 2 rings (SSSR count). The first-order chi connectivity index (χ1) is 12.0. The van der Waals surface area contributed by atoms with Gasteiger partial charge < -0.3 is 14.8 Å². The van der Waals surface area contributed by atoms with Crippen molar-refractivity contribution in [1.29, 1.82) is 0 Å². The maximum Gasteiger partial charge on any atom is 0.328 e. The minimum absolute atomic E-state index is 0.111. The fraction of sp³-hybridized carbons (Fsp3) is 0.263. The highest BCUT2D eigenvalue weighted by molar-refractivity contribution is 9.10. The van der Waals surface area contributed by atoms with Crippen molar-refractivity contribution in [3.63, 3.8) is 0 Å². The predicted octanol–water partition coefficient (Wildman–Crippen LogP) is 3.50. The second-order valence-corrected chi connectivity index (χ2v) is 6.45. The van der Waals surface area contributed by atoms with Gasteiger partial charge in [0.15, 0.2) is 0 Å². The molecule has 0 radical (unpaired) electrons. The zero-order valence-electron chi connectivity index (χ0n) is 14.1. The van der Waals surface area contributed by atoms with Crippen LogP contribution in [0.1, 0.15) is 22.8 Å². The van der Waals surface area contributed by atoms with E-state index in [-0.39, 0.29) is 19.1 Å². The van der Waals surface area contributed by atoms with Gasteiger partial charge >= 0.3 is 5.97 Å². The monoisotopic (exact) mass is 405 g/mol. The van der Waals surface area contributed by atoms with Gasteiger partial charge in [0.1, 0.15) is 25.0 Å². The van der Waals surface area contributed by atoms with Crippen molar-refractivity contribution in [2.45, 2.75) is 19.9 Å². The lowest BCUT2D eigenvalue weighted by atomic mass is 10.1. The number of hydrogen-bond acceptors (Lipinski definition) is 4. The SMILES string of the molecule is Cc1cccc(C(=O)N[C@@H](C)C(=O)OCCOc2ccc(Br)cc2)c1. The molecule has 0 unspecified atom stereocenters. The molecule has 0 heterocycles. The molecule has 1 atom stereocenters. The van der Waals surface area contributed by atoms with Crippen molar-refractivity contribution < 1.29 is 19.1 Å². The highest BCUT2D eigenvalue weighted by Gasteiger charge is 2.18. The Morgan fingerprint density at radius 3 is 2.52 bits per heavy atom. The van der Waals surface area contributed by atoms with Crippen molar-refractivity contribution in [3.05, 3.63) is 64.1 Å². The lowest BCUT2D eigenvalue weighted by Gasteiger charge is -2.14. The van der Waals surface area contributed by atoms with E-state index in [0.29, 0.717) is 11.3 Å². The summed E-state index contributed by atoms with van der Waals surface area (Å²) in [7, 11) is 0. The summed E-state index contributed by atoms with van der Waals surface area (Å²) in [6.07, 6.45) is 0. The molecular formula is C19H20BrNO4. The Bertz CT molecular complexity index is 730. The Morgan fingerprint density at radius 1 is 1.12 bits per heavy atom. The van der Waals surface area contributed by atoms with Crippen LogP contribution in [0.5, 0.6) is 5.75 Å². The number of aryl methyl sites for hydroxylation is 1. The van der Waals surface area contributed by atoms with E-state index in [2.05, 4.69) is 21.2 Å². The normalized spacial score (nSPS) is 11.5. The molecule has 1 amide bonds. The number of hydrogen-bond donors (Lipinski definition) is 1. The molecule has 6 heteroatoms. The number of nitrogens with one attached hydrogen (secondary N) is 1. The molecule has 1 N–H and O–H groups in total. The molecule has 5 nitrogen and oxygen atoms in total. The summed E-state index contributed by atoms with van der Waals surface area (Å²) in [6, 6.07) is 13.8. The van der Waals surface area contributed by atoms with Gasteiger partial charge in [-0.1, -0.05) is 33.6 Å². The van der Waals surface area contributed by atoms with Crippen molar-refractivity contribution in [2.24, 2.45) is 0 Å². The second-order valence-electron chi connectivity index (χ2n) is 5.53. The van der Waals surface area contributed by atoms with Gasteiger partial charge in [-0.2, -0.15) is 0 Å². The van der Waals surface area contributed by atoms with Gasteiger partial charge in [-0.05, 0) is 50.2 Å². The molecule has 0 bridgehead atoms. The van der Waals surface area contributed by atoms with Crippen LogP contribution in [0.3, 0.4) is 0 Å². The van der Waals surface area contributed by atoms with Gasteiger partial charge in [0.2, 0.25) is 0 Å². The Morgan fingerprint density at radius 2 is 1.84 bits per heavy atom. The number of halogens is 1. The third-order valence-electron chi connectivity index (χ3n) is 3.39. The average molecular weight is 406 g/mol. The summed E-state index contributed by atoms with van der Waals surface area (Å²) in [5.41, 5.74) is 1.49. The van der Waals surface area contributed by atoms with E-state index in [0.717, 1.165) is 10.0 Å².